The summed E-state index contributed by atoms with van der Waals surface area (Å²) in [4.78, 5) is 55.8. The van der Waals surface area contributed by atoms with Crippen molar-refractivity contribution < 1.29 is 24.0 Å². The molecule has 0 aromatic rings. The molecule has 0 aromatic carbocycles. The number of amides is 3. The lowest BCUT2D eigenvalue weighted by atomic mass is 9.83. The lowest BCUT2D eigenvalue weighted by Gasteiger charge is -2.33. The highest BCUT2D eigenvalue weighted by Gasteiger charge is 2.37. The van der Waals surface area contributed by atoms with Gasteiger partial charge in [-0.05, 0) is 52.0 Å². The number of nitrogens with one attached hydrogen (secondary N) is 3. The highest BCUT2D eigenvalue weighted by atomic mass is 16.2. The molecule has 1 heterocycles. The van der Waals surface area contributed by atoms with Crippen molar-refractivity contribution in [2.24, 2.45) is 5.92 Å². The lowest BCUT2D eigenvalue weighted by molar-refractivity contribution is -0.137. The molecule has 9 nitrogen and oxygen atoms in total. The van der Waals surface area contributed by atoms with Gasteiger partial charge in [-0.2, -0.15) is 0 Å². The van der Waals surface area contributed by atoms with Gasteiger partial charge in [-0.15, -0.1) is 0 Å². The van der Waals surface area contributed by atoms with Gasteiger partial charge in [-0.1, -0.05) is 52.9 Å². The Morgan fingerprint density at radius 1 is 1.00 bits per heavy atom. The monoisotopic (exact) mass is 512 g/mol. The third kappa shape index (κ3) is 15.7. The molecule has 1 aliphatic carbocycles. The van der Waals surface area contributed by atoms with Crippen molar-refractivity contribution in [2.45, 2.75) is 117 Å². The molecule has 3 unspecified atom stereocenters. The first-order valence-electron chi connectivity index (χ1n) is 13.6. The number of hydrogen-bond acceptors (Lipinski definition) is 6. The van der Waals surface area contributed by atoms with Gasteiger partial charge in [0.15, 0.2) is 12.1 Å². The Bertz CT molecular complexity index is 623. The summed E-state index contributed by atoms with van der Waals surface area (Å²) in [6, 6.07) is -0.461. The largest absolute Gasteiger partial charge is 0.341 e. The van der Waals surface area contributed by atoms with Gasteiger partial charge in [0.2, 0.25) is 5.91 Å². The summed E-state index contributed by atoms with van der Waals surface area (Å²) >= 11 is 0. The van der Waals surface area contributed by atoms with E-state index in [2.05, 4.69) is 29.8 Å². The van der Waals surface area contributed by atoms with Crippen LogP contribution in [0.4, 0.5) is 4.79 Å². The Morgan fingerprint density at radius 2 is 1.58 bits per heavy atom. The first kappa shape index (κ1) is 35.9. The van der Waals surface area contributed by atoms with Crippen molar-refractivity contribution in [3.8, 4) is 0 Å². The average molecular weight is 513 g/mol. The highest BCUT2D eigenvalue weighted by molar-refractivity contribution is 6.23. The van der Waals surface area contributed by atoms with E-state index in [1.807, 2.05) is 20.9 Å². The third-order valence-corrected chi connectivity index (χ3v) is 6.29. The minimum absolute atomic E-state index is 0.0971. The van der Waals surface area contributed by atoms with Crippen LogP contribution in [0.25, 0.3) is 0 Å². The number of rotatable bonds is 9. The number of ketones is 1. The van der Waals surface area contributed by atoms with E-state index in [0.29, 0.717) is 12.6 Å². The lowest BCUT2D eigenvalue weighted by Crippen LogP contribution is -2.55. The van der Waals surface area contributed by atoms with E-state index < -0.39 is 11.8 Å². The summed E-state index contributed by atoms with van der Waals surface area (Å²) in [5.74, 6) is -0.346. The summed E-state index contributed by atoms with van der Waals surface area (Å²) in [5, 5.41) is 8.52. The number of carbonyl (C=O) groups is 5. The van der Waals surface area contributed by atoms with Crippen molar-refractivity contribution >= 4 is 30.3 Å². The molecule has 36 heavy (non-hydrogen) atoms. The Balaban J connectivity index is 0. The first-order chi connectivity index (χ1) is 17.2. The maximum absolute atomic E-state index is 12.8. The van der Waals surface area contributed by atoms with Crippen LogP contribution in [0.5, 0.6) is 0 Å². The second-order valence-corrected chi connectivity index (χ2v) is 9.04. The van der Waals surface area contributed by atoms with Crippen LogP contribution in [0.3, 0.4) is 0 Å². The topological polar surface area (TPSA) is 125 Å². The van der Waals surface area contributed by atoms with Gasteiger partial charge in [-0.25, -0.2) is 4.79 Å². The summed E-state index contributed by atoms with van der Waals surface area (Å²) in [5.41, 5.74) is 0. The van der Waals surface area contributed by atoms with E-state index in [1.165, 1.54) is 32.6 Å². The van der Waals surface area contributed by atoms with Crippen LogP contribution in [0.1, 0.15) is 98.8 Å². The molecule has 0 spiro atoms. The molecule has 0 aromatic heterocycles. The molecule has 1 saturated carbocycles. The fraction of sp³-hybridized carbons (Fsp3) is 0.815. The van der Waals surface area contributed by atoms with Crippen LogP contribution in [-0.4, -0.2) is 74.0 Å². The molecule has 2 fully saturated rings. The van der Waals surface area contributed by atoms with Gasteiger partial charge in [0, 0.05) is 26.6 Å². The fourth-order valence-corrected chi connectivity index (χ4v) is 4.10. The molecule has 3 amide bonds. The molecule has 210 valence electrons. The van der Waals surface area contributed by atoms with Crippen LogP contribution in [-0.2, 0) is 19.2 Å². The molecule has 2 rings (SSSR count). The van der Waals surface area contributed by atoms with E-state index in [-0.39, 0.29) is 30.2 Å². The van der Waals surface area contributed by atoms with E-state index in [0.717, 1.165) is 44.8 Å². The van der Waals surface area contributed by atoms with Crippen molar-refractivity contribution in [3.63, 3.8) is 0 Å². The summed E-state index contributed by atoms with van der Waals surface area (Å²) < 4.78 is 0. The smallest absolute Gasteiger partial charge is 0.315 e. The van der Waals surface area contributed by atoms with Gasteiger partial charge in [-0.3, -0.25) is 14.4 Å². The normalized spacial score (nSPS) is 18.4. The van der Waals surface area contributed by atoms with Gasteiger partial charge in [0.25, 0.3) is 0 Å². The third-order valence-electron chi connectivity index (χ3n) is 6.29. The first-order valence-corrected chi connectivity index (χ1v) is 13.6. The van der Waals surface area contributed by atoms with Crippen molar-refractivity contribution in [2.75, 3.05) is 20.6 Å². The minimum Gasteiger partial charge on any atom is -0.341 e. The molecule has 3 N–H and O–H groups in total. The van der Waals surface area contributed by atoms with Crippen LogP contribution >= 0.6 is 0 Å². The molecule has 0 radical (unpaired) electrons. The SMILES string of the molecule is CC.CC(=O)C=O.CCCCC(C)NC.CNC(=O)NC(C(=O)N1CCCC1C=O)C1CCCCC1. The zero-order valence-corrected chi connectivity index (χ0v) is 23.7. The van der Waals surface area contributed by atoms with Crippen LogP contribution in [0.15, 0.2) is 0 Å². The number of carbonyl (C=O) groups excluding carboxylic acids is 5. The van der Waals surface area contributed by atoms with E-state index in [4.69, 9.17) is 4.79 Å². The van der Waals surface area contributed by atoms with Crippen molar-refractivity contribution in [1.29, 1.82) is 0 Å². The van der Waals surface area contributed by atoms with Crippen molar-refractivity contribution in [3.05, 3.63) is 0 Å². The Labute approximate surface area is 218 Å². The number of hydrogen-bond donors (Lipinski definition) is 3. The van der Waals surface area contributed by atoms with Gasteiger partial charge in [0.1, 0.15) is 12.3 Å². The number of unbranched alkanes of at least 4 members (excludes halogenated alkanes) is 1. The van der Waals surface area contributed by atoms with E-state index in [9.17, 15) is 19.2 Å². The number of aldehydes is 2. The second-order valence-electron chi connectivity index (χ2n) is 9.04. The second kappa shape index (κ2) is 23.1. The zero-order chi connectivity index (χ0) is 27.9. The average Bonchev–Trinajstić information content (AvgIpc) is 3.41. The van der Waals surface area contributed by atoms with Gasteiger partial charge in [0.05, 0.1) is 6.04 Å². The molecule has 0 bridgehead atoms. The Kier molecular flexibility index (Phi) is 23.0. The molecule has 1 saturated heterocycles. The summed E-state index contributed by atoms with van der Waals surface area (Å²) in [6.07, 6.45) is 12.0. The van der Waals surface area contributed by atoms with Gasteiger partial charge >= 0.3 is 6.03 Å². The number of Topliss-reactive ketones (excluding diaryl/α,β-unsaturated/α-hetero) is 1. The summed E-state index contributed by atoms with van der Waals surface area (Å²) in [7, 11) is 3.56. The molecular formula is C27H52N4O5. The predicted molar refractivity (Wildman–Crippen MR) is 145 cm³/mol. The van der Waals surface area contributed by atoms with E-state index >= 15 is 0 Å². The Hall–Kier alpha value is -2.29. The fourth-order valence-electron chi connectivity index (χ4n) is 4.10. The standard InChI is InChI=1S/C15H25N3O3.C7H17N.C3H4O2.C2H6/c1-16-15(21)17-13(11-6-3-2-4-7-11)14(20)18-9-5-8-12(18)10-19;1-4-5-6-7(2)8-3;1-3(5)2-4;1-2/h10-13H,2-9H2,1H3,(H2,16,17,21);7-8H,4-6H2,1-3H3;2H,1H3;1-2H3. The minimum atomic E-state index is -0.509. The number of nitrogens with zero attached hydrogens (tertiary/aromatic N) is 1. The molecule has 2 aliphatic rings. The number of likely N-dealkylation sites (tertiary alicyclic amines) is 1. The van der Waals surface area contributed by atoms with Crippen LogP contribution in [0.2, 0.25) is 0 Å². The van der Waals surface area contributed by atoms with E-state index in [1.54, 1.807) is 11.9 Å². The zero-order valence-electron chi connectivity index (χ0n) is 23.7. The summed E-state index contributed by atoms with van der Waals surface area (Å²) in [6.45, 7) is 10.3. The Morgan fingerprint density at radius 3 is 2.03 bits per heavy atom. The quantitative estimate of drug-likeness (QED) is 0.320. The maximum atomic E-state index is 12.8. The van der Waals surface area contributed by atoms with Crippen LogP contribution in [0, 0.1) is 5.92 Å². The predicted octanol–water partition coefficient (Wildman–Crippen LogP) is 3.64. The molecular weight excluding hydrogens is 460 g/mol. The molecule has 3 atom stereocenters. The van der Waals surface area contributed by atoms with Gasteiger partial charge < -0.3 is 25.6 Å². The molecule has 9 heteroatoms. The maximum Gasteiger partial charge on any atom is 0.315 e. The van der Waals surface area contributed by atoms with Crippen LogP contribution < -0.4 is 16.0 Å². The molecule has 1 aliphatic heterocycles. The number of urea groups is 1. The highest BCUT2D eigenvalue weighted by Crippen LogP contribution is 2.29. The van der Waals surface area contributed by atoms with Crippen molar-refractivity contribution in [1.82, 2.24) is 20.9 Å².